The number of fused-ring (bicyclic) bond motifs is 1. The van der Waals surface area contributed by atoms with Crippen LogP contribution >= 0.6 is 0 Å². The molecule has 3 heterocycles. The second kappa shape index (κ2) is 10.8. The molecule has 0 radical (unpaired) electrons. The number of pyridine rings is 2. The van der Waals surface area contributed by atoms with Gasteiger partial charge in [0.2, 0.25) is 0 Å². The highest BCUT2D eigenvalue weighted by molar-refractivity contribution is 6.27. The summed E-state index contributed by atoms with van der Waals surface area (Å²) >= 11 is 0. The summed E-state index contributed by atoms with van der Waals surface area (Å²) < 4.78 is 100. The Bertz CT molecular complexity index is 1730. The van der Waals surface area contributed by atoms with Gasteiger partial charge < -0.3 is 18.9 Å². The van der Waals surface area contributed by atoms with Gasteiger partial charge in [-0.15, -0.1) is 13.2 Å². The lowest BCUT2D eigenvalue weighted by Gasteiger charge is -2.20. The number of carbonyl (C=O) groups is 2. The molecule has 3 amide bonds. The van der Waals surface area contributed by atoms with E-state index in [2.05, 4.69) is 14.7 Å². The van der Waals surface area contributed by atoms with E-state index in [1.165, 1.54) is 38.6 Å². The van der Waals surface area contributed by atoms with Crippen molar-refractivity contribution in [3.63, 3.8) is 0 Å². The van der Waals surface area contributed by atoms with Crippen LogP contribution in [0.1, 0.15) is 5.56 Å². The molecule has 16 heteroatoms. The molecule has 0 aliphatic carbocycles. The van der Waals surface area contributed by atoms with Gasteiger partial charge in [0.15, 0.2) is 23.0 Å². The number of anilines is 2. The molecular weight excluding hydrogens is 590 g/mol. The number of aromatic nitrogens is 2. The Kier molecular flexibility index (Phi) is 7.37. The number of ether oxygens (including phenoxy) is 4. The third-order valence-corrected chi connectivity index (χ3v) is 6.17. The first-order valence-corrected chi connectivity index (χ1v) is 12.0. The maximum Gasteiger partial charge on any atom is 0.573 e. The standard InChI is InChI=1S/C27H18F6N4O6/c1-40-21-9-17-18(10-22(21)41-2)35-6-5-19(17)42-20-4-3-15(8-23(20)43-27(31,32)33)37-24(38)13-36(25(37)39)16-7-14(11-34-12-16)26(28,29)30/h3-12H,13H2,1-2H3. The number of alkyl halides is 6. The van der Waals surface area contributed by atoms with Gasteiger partial charge in [0, 0.05) is 29.9 Å². The smallest absolute Gasteiger partial charge is 0.493 e. The van der Waals surface area contributed by atoms with Crippen LogP contribution in [0.25, 0.3) is 10.9 Å². The predicted octanol–water partition coefficient (Wildman–Crippen LogP) is 6.33. The van der Waals surface area contributed by atoms with Gasteiger partial charge in [-0.3, -0.25) is 19.7 Å². The fourth-order valence-electron chi connectivity index (χ4n) is 4.27. The number of methoxy groups -OCH3 is 2. The molecule has 0 atom stereocenters. The molecule has 4 aromatic rings. The molecule has 5 rings (SSSR count). The largest absolute Gasteiger partial charge is 0.573 e. The summed E-state index contributed by atoms with van der Waals surface area (Å²) in [5, 5.41) is 0.345. The molecule has 0 spiro atoms. The van der Waals surface area contributed by atoms with E-state index in [0.29, 0.717) is 44.5 Å². The summed E-state index contributed by atoms with van der Waals surface area (Å²) in [6.45, 7) is -0.691. The van der Waals surface area contributed by atoms with E-state index in [4.69, 9.17) is 14.2 Å². The lowest BCUT2D eigenvalue weighted by molar-refractivity contribution is -0.275. The topological polar surface area (TPSA) is 103 Å². The third kappa shape index (κ3) is 5.89. The van der Waals surface area contributed by atoms with Crippen LogP contribution in [0.2, 0.25) is 0 Å². The van der Waals surface area contributed by atoms with Gasteiger partial charge in [0.1, 0.15) is 12.3 Å². The van der Waals surface area contributed by atoms with Crippen LogP contribution in [0.4, 0.5) is 42.5 Å². The van der Waals surface area contributed by atoms with Crippen LogP contribution in [-0.2, 0) is 11.0 Å². The van der Waals surface area contributed by atoms with Crippen molar-refractivity contribution in [3.05, 3.63) is 66.6 Å². The number of benzene rings is 2. The number of halogens is 6. The molecule has 1 fully saturated rings. The molecule has 0 saturated carbocycles. The third-order valence-electron chi connectivity index (χ3n) is 6.17. The zero-order valence-corrected chi connectivity index (χ0v) is 22.0. The molecule has 0 N–H and O–H groups in total. The van der Waals surface area contributed by atoms with Gasteiger partial charge in [0.05, 0.1) is 42.9 Å². The average molecular weight is 608 g/mol. The number of hydrogen-bond acceptors (Lipinski definition) is 8. The molecular formula is C27H18F6N4O6. The summed E-state index contributed by atoms with van der Waals surface area (Å²) in [6.07, 6.45) is -7.14. The van der Waals surface area contributed by atoms with Crippen LogP contribution in [0, 0.1) is 0 Å². The Morgan fingerprint density at radius 2 is 1.51 bits per heavy atom. The minimum absolute atomic E-state index is 0.0577. The van der Waals surface area contributed by atoms with Crippen LogP contribution in [0.3, 0.4) is 0 Å². The Hall–Kier alpha value is -5.28. The van der Waals surface area contributed by atoms with Crippen LogP contribution in [-0.4, -0.2) is 49.0 Å². The Morgan fingerprint density at radius 3 is 2.19 bits per heavy atom. The molecule has 43 heavy (non-hydrogen) atoms. The molecule has 10 nitrogen and oxygen atoms in total. The van der Waals surface area contributed by atoms with Crippen molar-refractivity contribution in [2.75, 3.05) is 30.6 Å². The second-order valence-electron chi connectivity index (χ2n) is 8.84. The summed E-state index contributed by atoms with van der Waals surface area (Å²) in [7, 11) is 2.80. The van der Waals surface area contributed by atoms with Crippen LogP contribution < -0.4 is 28.7 Å². The van der Waals surface area contributed by atoms with E-state index < -0.39 is 48.1 Å². The molecule has 1 aliphatic rings. The number of amides is 3. The Labute approximate surface area is 238 Å². The summed E-state index contributed by atoms with van der Waals surface area (Å²) in [5.41, 5.74) is -1.48. The van der Waals surface area contributed by atoms with E-state index in [9.17, 15) is 35.9 Å². The highest BCUT2D eigenvalue weighted by Gasteiger charge is 2.41. The normalized spacial score (nSPS) is 14.0. The molecule has 1 aliphatic heterocycles. The van der Waals surface area contributed by atoms with Crippen LogP contribution in [0.15, 0.2) is 61.1 Å². The van der Waals surface area contributed by atoms with Crippen molar-refractivity contribution in [2.45, 2.75) is 12.5 Å². The summed E-state index contributed by atoms with van der Waals surface area (Å²) in [4.78, 5) is 34.8. The van der Waals surface area contributed by atoms with E-state index in [-0.39, 0.29) is 17.1 Å². The van der Waals surface area contributed by atoms with Crippen molar-refractivity contribution >= 4 is 34.2 Å². The van der Waals surface area contributed by atoms with E-state index in [1.807, 2.05) is 0 Å². The SMILES string of the molecule is COc1cc2nccc(Oc3ccc(N4C(=O)CN(c5cncc(C(F)(F)F)c5)C4=O)cc3OC(F)(F)F)c2cc1OC. The Balaban J connectivity index is 1.51. The molecule has 0 bridgehead atoms. The zero-order chi connectivity index (χ0) is 31.1. The van der Waals surface area contributed by atoms with Crippen molar-refractivity contribution < 1.29 is 54.9 Å². The monoisotopic (exact) mass is 608 g/mol. The number of carbonyl (C=O) groups excluding carboxylic acids is 2. The van der Waals surface area contributed by atoms with E-state index >= 15 is 0 Å². The lowest BCUT2D eigenvalue weighted by atomic mass is 10.1. The van der Waals surface area contributed by atoms with Crippen LogP contribution in [0.5, 0.6) is 28.7 Å². The van der Waals surface area contributed by atoms with Gasteiger partial charge in [-0.2, -0.15) is 13.2 Å². The zero-order valence-electron chi connectivity index (χ0n) is 22.0. The van der Waals surface area contributed by atoms with Gasteiger partial charge >= 0.3 is 18.6 Å². The second-order valence-corrected chi connectivity index (χ2v) is 8.84. The molecule has 2 aromatic heterocycles. The first kappa shape index (κ1) is 29.2. The fourth-order valence-corrected chi connectivity index (χ4v) is 4.27. The fraction of sp³-hybridized carbons (Fsp3) is 0.185. The van der Waals surface area contributed by atoms with Crippen molar-refractivity contribution in [3.8, 4) is 28.7 Å². The maximum atomic E-state index is 13.4. The number of imide groups is 1. The minimum Gasteiger partial charge on any atom is -0.493 e. The number of urea groups is 1. The van der Waals surface area contributed by atoms with E-state index in [0.717, 1.165) is 24.4 Å². The summed E-state index contributed by atoms with van der Waals surface area (Å²) in [6, 6.07) is 6.85. The number of hydrogen-bond donors (Lipinski definition) is 0. The van der Waals surface area contributed by atoms with Gasteiger partial charge in [-0.1, -0.05) is 0 Å². The highest BCUT2D eigenvalue weighted by atomic mass is 19.4. The van der Waals surface area contributed by atoms with Crippen molar-refractivity contribution in [1.29, 1.82) is 0 Å². The van der Waals surface area contributed by atoms with E-state index in [1.54, 1.807) is 0 Å². The highest BCUT2D eigenvalue weighted by Crippen LogP contribution is 2.42. The maximum absolute atomic E-state index is 13.4. The van der Waals surface area contributed by atoms with Gasteiger partial charge in [0.25, 0.3) is 5.91 Å². The number of nitrogens with zero attached hydrogens (tertiary/aromatic N) is 4. The first-order valence-electron chi connectivity index (χ1n) is 12.0. The molecule has 2 aromatic carbocycles. The molecule has 224 valence electrons. The molecule has 1 saturated heterocycles. The predicted molar refractivity (Wildman–Crippen MR) is 138 cm³/mol. The average Bonchev–Trinajstić information content (AvgIpc) is 3.25. The van der Waals surface area contributed by atoms with Gasteiger partial charge in [-0.25, -0.2) is 9.69 Å². The first-order chi connectivity index (χ1) is 20.3. The number of rotatable bonds is 7. The van der Waals surface area contributed by atoms with Crippen molar-refractivity contribution in [1.82, 2.24) is 9.97 Å². The van der Waals surface area contributed by atoms with Crippen molar-refractivity contribution in [2.24, 2.45) is 0 Å². The van der Waals surface area contributed by atoms with Gasteiger partial charge in [-0.05, 0) is 30.3 Å². The lowest BCUT2D eigenvalue weighted by Crippen LogP contribution is -2.33. The summed E-state index contributed by atoms with van der Waals surface area (Å²) in [5.74, 6) is -1.57. The minimum atomic E-state index is -5.21. The molecule has 0 unspecified atom stereocenters. The Morgan fingerprint density at radius 1 is 0.791 bits per heavy atom. The quantitative estimate of drug-likeness (QED) is 0.177.